The molecular formula is C5H3F4KO4. The molecular weight excluding hydrogens is 239 g/mol. The number of hydrogen-bond donors (Lipinski definition) is 0. The molecule has 0 amide bonds. The number of carbonyl (C=O) groups excluding carboxylic acids is 2. The van der Waals surface area contributed by atoms with Gasteiger partial charge in [-0.2, -0.15) is 17.6 Å². The van der Waals surface area contributed by atoms with E-state index in [1.807, 2.05) is 0 Å². The summed E-state index contributed by atoms with van der Waals surface area (Å²) in [6.45, 7) is 0. The van der Waals surface area contributed by atoms with E-state index in [0.717, 1.165) is 0 Å². The number of ether oxygens (including phenoxy) is 1. The summed E-state index contributed by atoms with van der Waals surface area (Å²) in [5.41, 5.74) is 0. The zero-order chi connectivity index (χ0) is 10.9. The molecule has 0 aliphatic carbocycles. The predicted molar refractivity (Wildman–Crippen MR) is 26.9 cm³/mol. The Morgan fingerprint density at radius 2 is 1.50 bits per heavy atom. The van der Waals surface area contributed by atoms with Gasteiger partial charge in [-0.3, -0.25) is 0 Å². The molecule has 0 aromatic rings. The Bertz CT molecular complexity index is 242. The summed E-state index contributed by atoms with van der Waals surface area (Å²) in [5.74, 6) is -17.0. The molecule has 0 aliphatic heterocycles. The fourth-order valence-electron chi connectivity index (χ4n) is 0.385. The first-order valence-corrected chi connectivity index (χ1v) is 2.73. The van der Waals surface area contributed by atoms with E-state index in [-0.39, 0.29) is 51.4 Å². The van der Waals surface area contributed by atoms with E-state index in [4.69, 9.17) is 0 Å². The molecule has 0 fully saturated rings. The van der Waals surface area contributed by atoms with Crippen molar-refractivity contribution in [3.05, 3.63) is 0 Å². The van der Waals surface area contributed by atoms with Crippen LogP contribution in [0.15, 0.2) is 0 Å². The molecule has 0 N–H and O–H groups in total. The number of aliphatic carboxylic acids is 1. The van der Waals surface area contributed by atoms with Crippen LogP contribution in [0.5, 0.6) is 0 Å². The number of rotatable bonds is 3. The van der Waals surface area contributed by atoms with Crippen molar-refractivity contribution in [1.82, 2.24) is 0 Å². The number of esters is 1. The average molecular weight is 242 g/mol. The van der Waals surface area contributed by atoms with Crippen LogP contribution >= 0.6 is 0 Å². The summed E-state index contributed by atoms with van der Waals surface area (Å²) in [4.78, 5) is 19.6. The fourth-order valence-corrected chi connectivity index (χ4v) is 0.385. The standard InChI is InChI=1S/C5H4F4O4.K/c1-13-3(12)5(8,9)4(6,7)2(10)11;/h1H3,(H,10,11);/q;+1/p-1. The quantitative estimate of drug-likeness (QED) is 0.289. The summed E-state index contributed by atoms with van der Waals surface area (Å²) in [6.07, 6.45) is 0. The monoisotopic (exact) mass is 242 g/mol. The van der Waals surface area contributed by atoms with E-state index in [1.165, 1.54) is 0 Å². The van der Waals surface area contributed by atoms with E-state index >= 15 is 0 Å². The van der Waals surface area contributed by atoms with Crippen molar-refractivity contribution in [2.75, 3.05) is 7.11 Å². The van der Waals surface area contributed by atoms with Crippen molar-refractivity contribution in [3.63, 3.8) is 0 Å². The maximum absolute atomic E-state index is 12.2. The van der Waals surface area contributed by atoms with Crippen molar-refractivity contribution in [1.29, 1.82) is 0 Å². The normalized spacial score (nSPS) is 11.5. The van der Waals surface area contributed by atoms with Crippen molar-refractivity contribution in [2.24, 2.45) is 0 Å². The molecule has 9 heteroatoms. The third kappa shape index (κ3) is 2.89. The van der Waals surface area contributed by atoms with Gasteiger partial charge in [-0.25, -0.2) is 4.79 Å². The van der Waals surface area contributed by atoms with Crippen molar-refractivity contribution in [3.8, 4) is 0 Å². The van der Waals surface area contributed by atoms with E-state index < -0.39 is 23.8 Å². The van der Waals surface area contributed by atoms with Crippen LogP contribution in [0.1, 0.15) is 0 Å². The van der Waals surface area contributed by atoms with Crippen LogP contribution in [-0.2, 0) is 14.3 Å². The van der Waals surface area contributed by atoms with Gasteiger partial charge < -0.3 is 14.6 Å². The average Bonchev–Trinajstić information content (AvgIpc) is 2.02. The molecule has 4 nitrogen and oxygen atoms in total. The van der Waals surface area contributed by atoms with Gasteiger partial charge in [0.05, 0.1) is 7.11 Å². The maximum atomic E-state index is 12.2. The number of carboxylic acid groups (broad SMARTS) is 1. The number of carbonyl (C=O) groups is 2. The first-order chi connectivity index (χ1) is 5.67. The topological polar surface area (TPSA) is 66.4 Å². The van der Waals surface area contributed by atoms with Crippen LogP contribution in [0.2, 0.25) is 0 Å². The van der Waals surface area contributed by atoms with Crippen LogP contribution < -0.4 is 56.5 Å². The summed E-state index contributed by atoms with van der Waals surface area (Å²) < 4.78 is 51.8. The molecule has 0 aliphatic rings. The Labute approximate surface area is 118 Å². The van der Waals surface area contributed by atoms with Gasteiger partial charge in [-0.15, -0.1) is 0 Å². The SMILES string of the molecule is COC(=O)C(F)(F)C(F)(F)C(=O)[O-].[K+]. The zero-order valence-corrected chi connectivity index (χ0v) is 10.3. The minimum absolute atomic E-state index is 0. The van der Waals surface area contributed by atoms with Crippen molar-refractivity contribution >= 4 is 11.9 Å². The van der Waals surface area contributed by atoms with Crippen molar-refractivity contribution < 1.29 is 88.4 Å². The predicted octanol–water partition coefficient (Wildman–Crippen LogP) is -3.82. The minimum Gasteiger partial charge on any atom is -0.544 e. The smallest absolute Gasteiger partial charge is 0.544 e. The van der Waals surface area contributed by atoms with Gasteiger partial charge in [0.2, 0.25) is 0 Å². The van der Waals surface area contributed by atoms with Crippen LogP contribution in [-0.4, -0.2) is 30.9 Å². The molecule has 14 heavy (non-hydrogen) atoms. The van der Waals surface area contributed by atoms with Gasteiger partial charge in [-0.05, 0) is 0 Å². The van der Waals surface area contributed by atoms with Crippen LogP contribution in [0.4, 0.5) is 17.6 Å². The summed E-state index contributed by atoms with van der Waals surface area (Å²) in [5, 5.41) is 9.54. The van der Waals surface area contributed by atoms with E-state index in [9.17, 15) is 32.3 Å². The van der Waals surface area contributed by atoms with E-state index in [1.54, 1.807) is 0 Å². The van der Waals surface area contributed by atoms with Crippen LogP contribution in [0.25, 0.3) is 0 Å². The van der Waals surface area contributed by atoms with Crippen LogP contribution in [0, 0.1) is 0 Å². The molecule has 0 radical (unpaired) electrons. The molecule has 0 heterocycles. The van der Waals surface area contributed by atoms with Crippen molar-refractivity contribution in [2.45, 2.75) is 11.8 Å². The second-order valence-electron chi connectivity index (χ2n) is 1.93. The van der Waals surface area contributed by atoms with Gasteiger partial charge in [0.15, 0.2) is 0 Å². The first-order valence-electron chi connectivity index (χ1n) is 2.73. The summed E-state index contributed by atoms with van der Waals surface area (Å²) >= 11 is 0. The fraction of sp³-hybridized carbons (Fsp3) is 0.600. The largest absolute Gasteiger partial charge is 1.00 e. The Morgan fingerprint density at radius 3 is 1.71 bits per heavy atom. The number of alkyl halides is 4. The molecule has 0 saturated heterocycles. The zero-order valence-electron chi connectivity index (χ0n) is 7.14. The first kappa shape index (κ1) is 16.7. The molecule has 0 unspecified atom stereocenters. The minimum atomic E-state index is -5.58. The Morgan fingerprint density at radius 1 is 1.14 bits per heavy atom. The molecule has 0 rings (SSSR count). The van der Waals surface area contributed by atoms with Crippen LogP contribution in [0.3, 0.4) is 0 Å². The number of halogens is 4. The van der Waals surface area contributed by atoms with Gasteiger partial charge >= 0.3 is 69.2 Å². The number of hydrogen-bond acceptors (Lipinski definition) is 4. The third-order valence-corrected chi connectivity index (χ3v) is 1.09. The Kier molecular flexibility index (Phi) is 6.45. The van der Waals surface area contributed by atoms with E-state index in [0.29, 0.717) is 7.11 Å². The number of carboxylic acids is 1. The Balaban J connectivity index is 0. The van der Waals surface area contributed by atoms with Gasteiger partial charge in [0.25, 0.3) is 0 Å². The third-order valence-electron chi connectivity index (χ3n) is 1.09. The summed E-state index contributed by atoms with van der Waals surface area (Å²) in [7, 11) is 0.418. The summed E-state index contributed by atoms with van der Waals surface area (Å²) in [6, 6.07) is 0. The van der Waals surface area contributed by atoms with Gasteiger partial charge in [0.1, 0.15) is 5.97 Å². The molecule has 0 saturated carbocycles. The molecule has 76 valence electrons. The molecule has 0 atom stereocenters. The molecule has 0 bridgehead atoms. The second kappa shape index (κ2) is 5.40. The molecule has 0 aromatic carbocycles. The van der Waals surface area contributed by atoms with Gasteiger partial charge in [-0.1, -0.05) is 0 Å². The second-order valence-corrected chi connectivity index (χ2v) is 1.93. The van der Waals surface area contributed by atoms with E-state index in [2.05, 4.69) is 4.74 Å². The van der Waals surface area contributed by atoms with Gasteiger partial charge in [0, 0.05) is 0 Å². The molecule has 0 spiro atoms. The Hall–Kier alpha value is 0.296. The maximum Gasteiger partial charge on any atom is 1.00 e. The molecule has 0 aromatic heterocycles. The number of methoxy groups -OCH3 is 1.